The number of pyridine rings is 1. The molecule has 0 saturated carbocycles. The largest absolute Gasteiger partial charge is 0.389 e. The fourth-order valence-electron chi connectivity index (χ4n) is 2.94. The van der Waals surface area contributed by atoms with Crippen molar-refractivity contribution in [3.05, 3.63) is 53.3 Å². The summed E-state index contributed by atoms with van der Waals surface area (Å²) in [6, 6.07) is 10.1. The third-order valence-electron chi connectivity index (χ3n) is 3.97. The van der Waals surface area contributed by atoms with Gasteiger partial charge in [-0.15, -0.1) is 0 Å². The van der Waals surface area contributed by atoms with E-state index in [-0.39, 0.29) is 0 Å². The molecule has 4 nitrogen and oxygen atoms in total. The Morgan fingerprint density at radius 3 is 2.95 bits per heavy atom. The average molecular weight is 294 g/mol. The highest BCUT2D eigenvalue weighted by Gasteiger charge is 2.19. The molecule has 21 heavy (non-hydrogen) atoms. The molecule has 2 heterocycles. The highest BCUT2D eigenvalue weighted by Crippen LogP contribution is 2.26. The van der Waals surface area contributed by atoms with Crippen LogP contribution in [0.3, 0.4) is 0 Å². The Hall–Kier alpha value is -2.27. The molecule has 0 atom stereocenters. The summed E-state index contributed by atoms with van der Waals surface area (Å²) < 4.78 is 1.84. The molecule has 1 aliphatic carbocycles. The Labute approximate surface area is 127 Å². The maximum atomic E-state index is 5.91. The maximum Gasteiger partial charge on any atom is 0.164 e. The first-order chi connectivity index (χ1) is 10.2. The fourth-order valence-corrected chi connectivity index (χ4v) is 3.09. The molecular weight excluding hydrogens is 280 g/mol. The summed E-state index contributed by atoms with van der Waals surface area (Å²) in [6.07, 6.45) is 5.05. The summed E-state index contributed by atoms with van der Waals surface area (Å²) in [4.78, 5) is 5.17. The van der Waals surface area contributed by atoms with Crippen LogP contribution < -0.4 is 5.73 Å². The normalized spacial score (nSPS) is 13.5. The van der Waals surface area contributed by atoms with E-state index in [1.807, 2.05) is 35.1 Å². The van der Waals surface area contributed by atoms with Crippen LogP contribution in [0.2, 0.25) is 0 Å². The molecule has 0 spiro atoms. The van der Waals surface area contributed by atoms with Crippen LogP contribution >= 0.6 is 12.2 Å². The molecule has 0 bridgehead atoms. The molecule has 0 amide bonds. The smallest absolute Gasteiger partial charge is 0.164 e. The zero-order valence-electron chi connectivity index (χ0n) is 11.4. The van der Waals surface area contributed by atoms with Crippen molar-refractivity contribution in [3.8, 4) is 5.82 Å². The minimum absolute atomic E-state index is 0.367. The Morgan fingerprint density at radius 2 is 2.10 bits per heavy atom. The average Bonchev–Trinajstić information content (AvgIpc) is 3.11. The fraction of sp³-hybridized carbons (Fsp3) is 0.188. The number of para-hydroxylation sites is 1. The minimum Gasteiger partial charge on any atom is -0.389 e. The van der Waals surface area contributed by atoms with Crippen LogP contribution in [-0.4, -0.2) is 19.8 Å². The number of aromatic nitrogens is 3. The number of benzene rings is 1. The van der Waals surface area contributed by atoms with Gasteiger partial charge in [-0.05, 0) is 37.0 Å². The topological polar surface area (TPSA) is 56.7 Å². The van der Waals surface area contributed by atoms with Crippen LogP contribution in [-0.2, 0) is 12.8 Å². The molecule has 4 rings (SSSR count). The first kappa shape index (κ1) is 12.5. The van der Waals surface area contributed by atoms with Gasteiger partial charge < -0.3 is 5.73 Å². The Bertz CT molecular complexity index is 866. The number of aryl methyl sites for hydroxylation is 2. The quantitative estimate of drug-likeness (QED) is 0.738. The zero-order chi connectivity index (χ0) is 14.4. The molecule has 0 aliphatic heterocycles. The lowest BCUT2D eigenvalue weighted by Gasteiger charge is -2.11. The van der Waals surface area contributed by atoms with Crippen molar-refractivity contribution >= 4 is 28.1 Å². The van der Waals surface area contributed by atoms with Gasteiger partial charge in [-0.2, -0.15) is 5.10 Å². The van der Waals surface area contributed by atoms with E-state index < -0.39 is 0 Å². The first-order valence-electron chi connectivity index (χ1n) is 7.00. The summed E-state index contributed by atoms with van der Waals surface area (Å²) >= 11 is 5.21. The van der Waals surface area contributed by atoms with Gasteiger partial charge in [0.1, 0.15) is 4.99 Å². The summed E-state index contributed by atoms with van der Waals surface area (Å²) in [7, 11) is 0. The molecular formula is C16H14N4S. The van der Waals surface area contributed by atoms with Gasteiger partial charge in [0.2, 0.25) is 0 Å². The number of fused-ring (bicyclic) bond motifs is 2. The van der Waals surface area contributed by atoms with Gasteiger partial charge in [-0.25, -0.2) is 9.67 Å². The molecule has 0 unspecified atom stereocenters. The summed E-state index contributed by atoms with van der Waals surface area (Å²) in [5.41, 5.74) is 10.1. The van der Waals surface area contributed by atoms with E-state index in [1.165, 1.54) is 5.56 Å². The Kier molecular flexibility index (Phi) is 2.75. The van der Waals surface area contributed by atoms with Gasteiger partial charge in [0.25, 0.3) is 0 Å². The molecule has 0 saturated heterocycles. The van der Waals surface area contributed by atoms with Crippen molar-refractivity contribution < 1.29 is 0 Å². The van der Waals surface area contributed by atoms with Crippen molar-refractivity contribution in [1.29, 1.82) is 0 Å². The SMILES string of the molecule is NC(=S)c1cc2c(nc1-n1ncc3ccccc31)CCC2. The van der Waals surface area contributed by atoms with Crippen molar-refractivity contribution in [2.24, 2.45) is 5.73 Å². The molecule has 0 fully saturated rings. The predicted molar refractivity (Wildman–Crippen MR) is 86.8 cm³/mol. The van der Waals surface area contributed by atoms with Crippen molar-refractivity contribution in [2.75, 3.05) is 0 Å². The maximum absolute atomic E-state index is 5.91. The molecule has 104 valence electrons. The van der Waals surface area contributed by atoms with Crippen LogP contribution in [0.15, 0.2) is 36.5 Å². The molecule has 0 radical (unpaired) electrons. The molecule has 3 aromatic rings. The van der Waals surface area contributed by atoms with E-state index in [9.17, 15) is 0 Å². The lowest BCUT2D eigenvalue weighted by Crippen LogP contribution is -2.16. The number of hydrogen-bond acceptors (Lipinski definition) is 3. The predicted octanol–water partition coefficient (Wildman–Crippen LogP) is 2.54. The number of nitrogens with two attached hydrogens (primary N) is 1. The van der Waals surface area contributed by atoms with E-state index in [0.29, 0.717) is 4.99 Å². The molecule has 1 aliphatic rings. The van der Waals surface area contributed by atoms with Gasteiger partial charge in [-0.1, -0.05) is 30.4 Å². The van der Waals surface area contributed by atoms with Crippen molar-refractivity contribution in [2.45, 2.75) is 19.3 Å². The van der Waals surface area contributed by atoms with Gasteiger partial charge in [0, 0.05) is 11.1 Å². The van der Waals surface area contributed by atoms with E-state index in [2.05, 4.69) is 11.2 Å². The number of rotatable bonds is 2. The van der Waals surface area contributed by atoms with Crippen molar-refractivity contribution in [1.82, 2.24) is 14.8 Å². The van der Waals surface area contributed by atoms with Crippen molar-refractivity contribution in [3.63, 3.8) is 0 Å². The standard InChI is InChI=1S/C16H14N4S/c17-15(21)12-8-10-5-3-6-13(10)19-16(12)20-14-7-2-1-4-11(14)9-18-20/h1-2,4,7-9H,3,5-6H2,(H2,17,21). The molecule has 2 N–H and O–H groups in total. The van der Waals surface area contributed by atoms with Gasteiger partial charge in [-0.3, -0.25) is 0 Å². The zero-order valence-corrected chi connectivity index (χ0v) is 12.2. The third kappa shape index (κ3) is 1.93. The monoisotopic (exact) mass is 294 g/mol. The number of nitrogens with zero attached hydrogens (tertiary/aromatic N) is 3. The Morgan fingerprint density at radius 1 is 1.24 bits per heavy atom. The van der Waals surface area contributed by atoms with Crippen LogP contribution in [0.1, 0.15) is 23.2 Å². The number of thiocarbonyl (C=S) groups is 1. The highest BCUT2D eigenvalue weighted by molar-refractivity contribution is 7.80. The van der Waals surface area contributed by atoms with Crippen LogP contribution in [0.25, 0.3) is 16.7 Å². The van der Waals surface area contributed by atoms with Crippen LogP contribution in [0.4, 0.5) is 0 Å². The van der Waals surface area contributed by atoms with Gasteiger partial charge in [0.05, 0.1) is 17.3 Å². The lowest BCUT2D eigenvalue weighted by molar-refractivity contribution is 0.851. The highest BCUT2D eigenvalue weighted by atomic mass is 32.1. The molecule has 5 heteroatoms. The van der Waals surface area contributed by atoms with E-state index >= 15 is 0 Å². The van der Waals surface area contributed by atoms with Crippen LogP contribution in [0.5, 0.6) is 0 Å². The second-order valence-electron chi connectivity index (χ2n) is 5.30. The second kappa shape index (κ2) is 4.63. The van der Waals surface area contributed by atoms with Crippen LogP contribution in [0, 0.1) is 0 Å². The molecule has 2 aromatic heterocycles. The Balaban J connectivity index is 2.01. The summed E-state index contributed by atoms with van der Waals surface area (Å²) in [5, 5.41) is 5.55. The van der Waals surface area contributed by atoms with E-state index in [4.69, 9.17) is 22.9 Å². The summed E-state index contributed by atoms with van der Waals surface area (Å²) in [5.74, 6) is 0.740. The lowest BCUT2D eigenvalue weighted by atomic mass is 10.1. The van der Waals surface area contributed by atoms with E-state index in [0.717, 1.165) is 47.2 Å². The van der Waals surface area contributed by atoms with Gasteiger partial charge in [0.15, 0.2) is 5.82 Å². The summed E-state index contributed by atoms with van der Waals surface area (Å²) in [6.45, 7) is 0. The minimum atomic E-state index is 0.367. The van der Waals surface area contributed by atoms with E-state index in [1.54, 1.807) is 0 Å². The molecule has 1 aromatic carbocycles. The third-order valence-corrected chi connectivity index (χ3v) is 4.19. The van der Waals surface area contributed by atoms with Gasteiger partial charge >= 0.3 is 0 Å². The second-order valence-corrected chi connectivity index (χ2v) is 5.74. The first-order valence-corrected chi connectivity index (χ1v) is 7.40. The number of hydrogen-bond donors (Lipinski definition) is 1.